The number of esters is 2. The molecule has 1 aromatic rings. The Bertz CT molecular complexity index is 591. The third kappa shape index (κ3) is 2.50. The molecule has 1 saturated heterocycles. The van der Waals surface area contributed by atoms with Crippen LogP contribution in [0.15, 0.2) is 30.3 Å². The van der Waals surface area contributed by atoms with Crippen molar-refractivity contribution in [1.29, 1.82) is 0 Å². The summed E-state index contributed by atoms with van der Waals surface area (Å²) in [6, 6.07) is 6.18. The van der Waals surface area contributed by atoms with Crippen molar-refractivity contribution in [3.05, 3.63) is 41.7 Å². The van der Waals surface area contributed by atoms with Gasteiger partial charge in [0.2, 0.25) is 0 Å². The van der Waals surface area contributed by atoms with Crippen LogP contribution in [-0.2, 0) is 14.3 Å². The first-order valence-electron chi connectivity index (χ1n) is 7.29. The minimum atomic E-state index is -0.394. The average molecular weight is 288 g/mol. The Morgan fingerprint density at radius 3 is 2.52 bits per heavy atom. The number of ether oxygens (including phenoxy) is 1. The molecule has 0 spiro atoms. The molecule has 0 unspecified atom stereocenters. The Balaban J connectivity index is 1.80. The molecule has 0 N–H and O–H groups in total. The van der Waals surface area contributed by atoms with E-state index in [4.69, 9.17) is 4.74 Å². The van der Waals surface area contributed by atoms with Crippen LogP contribution in [0, 0.1) is 29.5 Å². The van der Waals surface area contributed by atoms with Gasteiger partial charge in [0.25, 0.3) is 0 Å². The first kappa shape index (κ1) is 14.0. The second-order valence-corrected chi connectivity index (χ2v) is 5.77. The van der Waals surface area contributed by atoms with Crippen LogP contribution >= 0.6 is 0 Å². The average Bonchev–Trinajstić information content (AvgIpc) is 2.98. The van der Waals surface area contributed by atoms with Crippen molar-refractivity contribution in [2.24, 2.45) is 23.7 Å². The minimum absolute atomic E-state index is 0.0175. The van der Waals surface area contributed by atoms with Crippen LogP contribution in [-0.4, -0.2) is 11.9 Å². The number of carbonyl (C=O) groups is 2. The van der Waals surface area contributed by atoms with Crippen molar-refractivity contribution < 1.29 is 18.7 Å². The summed E-state index contributed by atoms with van der Waals surface area (Å²) in [5.74, 6) is -1.45. The number of allylic oxidation sites excluding steroid dienone is 1. The molecule has 1 aromatic carbocycles. The van der Waals surface area contributed by atoms with Crippen molar-refractivity contribution >= 4 is 18.0 Å². The molecule has 0 radical (unpaired) electrons. The Morgan fingerprint density at radius 1 is 1.19 bits per heavy atom. The van der Waals surface area contributed by atoms with Crippen LogP contribution in [0.25, 0.3) is 6.08 Å². The van der Waals surface area contributed by atoms with Gasteiger partial charge < -0.3 is 4.74 Å². The summed E-state index contributed by atoms with van der Waals surface area (Å²) in [5.41, 5.74) is 0.880. The Hall–Kier alpha value is -1.97. The van der Waals surface area contributed by atoms with Gasteiger partial charge in [-0.05, 0) is 36.0 Å². The molecule has 0 amide bonds. The summed E-state index contributed by atoms with van der Waals surface area (Å²) in [5, 5.41) is 0. The zero-order chi connectivity index (χ0) is 15.0. The van der Waals surface area contributed by atoms with Gasteiger partial charge in [0, 0.05) is 0 Å². The lowest BCUT2D eigenvalue weighted by atomic mass is 9.88. The molecule has 2 fully saturated rings. The summed E-state index contributed by atoms with van der Waals surface area (Å²) in [6.45, 7) is 2.03. The smallest absolute Gasteiger partial charge is 0.318 e. The van der Waals surface area contributed by atoms with Gasteiger partial charge in [-0.3, -0.25) is 9.59 Å². The Kier molecular flexibility index (Phi) is 3.62. The largest absolute Gasteiger partial charge is 0.393 e. The third-order valence-corrected chi connectivity index (χ3v) is 4.61. The third-order valence-electron chi connectivity index (χ3n) is 4.61. The summed E-state index contributed by atoms with van der Waals surface area (Å²) >= 11 is 0. The fourth-order valence-electron chi connectivity index (χ4n) is 3.53. The van der Waals surface area contributed by atoms with Crippen LogP contribution in [0.4, 0.5) is 4.39 Å². The first-order valence-corrected chi connectivity index (χ1v) is 7.29. The van der Waals surface area contributed by atoms with E-state index in [1.165, 1.54) is 12.1 Å². The van der Waals surface area contributed by atoms with Gasteiger partial charge in [0.1, 0.15) is 5.82 Å². The van der Waals surface area contributed by atoms with Crippen molar-refractivity contribution in [1.82, 2.24) is 0 Å². The number of benzene rings is 1. The molecule has 2 aliphatic rings. The number of hydrogen-bond donors (Lipinski definition) is 0. The van der Waals surface area contributed by atoms with Crippen LogP contribution in [0.3, 0.4) is 0 Å². The van der Waals surface area contributed by atoms with E-state index in [-0.39, 0.29) is 35.5 Å². The zero-order valence-electron chi connectivity index (χ0n) is 11.8. The van der Waals surface area contributed by atoms with Crippen molar-refractivity contribution in [3.8, 4) is 0 Å². The van der Waals surface area contributed by atoms with Gasteiger partial charge in [-0.2, -0.15) is 0 Å². The summed E-state index contributed by atoms with van der Waals surface area (Å²) < 4.78 is 17.7. The van der Waals surface area contributed by atoms with Crippen LogP contribution in [0.5, 0.6) is 0 Å². The minimum Gasteiger partial charge on any atom is -0.393 e. The number of fused-ring (bicyclic) bond motifs is 1. The van der Waals surface area contributed by atoms with E-state index < -0.39 is 5.97 Å². The normalized spacial score (nSPS) is 31.7. The highest BCUT2D eigenvalue weighted by molar-refractivity contribution is 5.97. The van der Waals surface area contributed by atoms with E-state index in [0.29, 0.717) is 0 Å². The Labute approximate surface area is 122 Å². The standard InChI is InChI=1S/C17H17FO3/c1-2-11-9-12(15-14(11)16(19)21-17(15)20)6-3-10-4-7-13(18)8-5-10/h3-8,11-12,14-15H,2,9H2,1H3/b6-3+/t11-,12+,14-,15+/m0/s1. The van der Waals surface area contributed by atoms with Gasteiger partial charge in [-0.1, -0.05) is 37.6 Å². The maximum Gasteiger partial charge on any atom is 0.318 e. The van der Waals surface area contributed by atoms with E-state index in [1.54, 1.807) is 12.1 Å². The highest BCUT2D eigenvalue weighted by Crippen LogP contribution is 2.48. The molecule has 0 bridgehead atoms. The highest BCUT2D eigenvalue weighted by Gasteiger charge is 2.55. The van der Waals surface area contributed by atoms with E-state index in [0.717, 1.165) is 18.4 Å². The topological polar surface area (TPSA) is 43.4 Å². The van der Waals surface area contributed by atoms with E-state index >= 15 is 0 Å². The molecule has 110 valence electrons. The second kappa shape index (κ2) is 5.43. The van der Waals surface area contributed by atoms with Gasteiger partial charge in [0.15, 0.2) is 0 Å². The molecule has 3 rings (SSSR count). The molecule has 1 aliphatic carbocycles. The van der Waals surface area contributed by atoms with Crippen molar-refractivity contribution in [3.63, 3.8) is 0 Å². The summed E-state index contributed by atoms with van der Waals surface area (Å²) in [7, 11) is 0. The lowest BCUT2D eigenvalue weighted by Crippen LogP contribution is -2.19. The van der Waals surface area contributed by atoms with E-state index in [1.807, 2.05) is 19.1 Å². The van der Waals surface area contributed by atoms with Gasteiger partial charge in [-0.25, -0.2) is 4.39 Å². The predicted molar refractivity (Wildman–Crippen MR) is 75.4 cm³/mol. The first-order chi connectivity index (χ1) is 10.1. The molecular weight excluding hydrogens is 271 g/mol. The number of rotatable bonds is 3. The predicted octanol–water partition coefficient (Wildman–Crippen LogP) is 3.20. The summed E-state index contributed by atoms with van der Waals surface area (Å²) in [4.78, 5) is 23.7. The molecule has 21 heavy (non-hydrogen) atoms. The number of carbonyl (C=O) groups excluding carboxylic acids is 2. The molecule has 4 heteroatoms. The monoisotopic (exact) mass is 288 g/mol. The lowest BCUT2D eigenvalue weighted by molar-refractivity contribution is -0.154. The SMILES string of the molecule is CC[C@H]1C[C@@H](/C=C/c2ccc(F)cc2)[C@H]2C(=O)OC(=O)[C@@H]12. The van der Waals surface area contributed by atoms with Crippen LogP contribution in [0.2, 0.25) is 0 Å². The molecule has 4 atom stereocenters. The lowest BCUT2D eigenvalue weighted by Gasteiger charge is -2.10. The molecule has 1 aliphatic heterocycles. The van der Waals surface area contributed by atoms with E-state index in [9.17, 15) is 14.0 Å². The van der Waals surface area contributed by atoms with Gasteiger partial charge in [0.05, 0.1) is 11.8 Å². The zero-order valence-corrected chi connectivity index (χ0v) is 11.8. The second-order valence-electron chi connectivity index (χ2n) is 5.77. The van der Waals surface area contributed by atoms with Gasteiger partial charge >= 0.3 is 11.9 Å². The molecule has 1 saturated carbocycles. The maximum atomic E-state index is 12.9. The molecule has 0 aromatic heterocycles. The maximum absolute atomic E-state index is 12.9. The highest BCUT2D eigenvalue weighted by atomic mass is 19.1. The van der Waals surface area contributed by atoms with Crippen LogP contribution in [0.1, 0.15) is 25.3 Å². The molecular formula is C17H17FO3. The van der Waals surface area contributed by atoms with Crippen molar-refractivity contribution in [2.75, 3.05) is 0 Å². The molecule has 1 heterocycles. The van der Waals surface area contributed by atoms with Gasteiger partial charge in [-0.15, -0.1) is 0 Å². The quantitative estimate of drug-likeness (QED) is 0.633. The number of halogens is 1. The summed E-state index contributed by atoms with van der Waals surface area (Å²) in [6.07, 6.45) is 5.53. The molecule has 3 nitrogen and oxygen atoms in total. The Morgan fingerprint density at radius 2 is 1.86 bits per heavy atom. The fraction of sp³-hybridized carbons (Fsp3) is 0.412. The van der Waals surface area contributed by atoms with Crippen LogP contribution < -0.4 is 0 Å². The number of cyclic esters (lactones) is 2. The fourth-order valence-corrected chi connectivity index (χ4v) is 3.53. The van der Waals surface area contributed by atoms with E-state index in [2.05, 4.69) is 0 Å². The number of hydrogen-bond acceptors (Lipinski definition) is 3. The van der Waals surface area contributed by atoms with Crippen molar-refractivity contribution in [2.45, 2.75) is 19.8 Å².